The number of carbonyl (C=O) groups excluding carboxylic acids is 1. The van der Waals surface area contributed by atoms with Gasteiger partial charge in [0.25, 0.3) is 0 Å². The molecule has 0 saturated carbocycles. The van der Waals surface area contributed by atoms with Gasteiger partial charge in [-0.2, -0.15) is 0 Å². The predicted molar refractivity (Wildman–Crippen MR) is 63.0 cm³/mol. The first-order chi connectivity index (χ1) is 8.25. The molecular weight excluding hydrogens is 219 g/mol. The molecule has 3 nitrogen and oxygen atoms in total. The summed E-state index contributed by atoms with van der Waals surface area (Å²) in [7, 11) is 0. The van der Waals surface area contributed by atoms with Crippen LogP contribution >= 0.6 is 0 Å². The third-order valence-electron chi connectivity index (χ3n) is 2.24. The number of hydrogen-bond donors (Lipinski definition) is 1. The fourth-order valence-electron chi connectivity index (χ4n) is 1.44. The summed E-state index contributed by atoms with van der Waals surface area (Å²) in [6, 6.07) is 11.4. The smallest absolute Gasteiger partial charge is 0.230 e. The summed E-state index contributed by atoms with van der Waals surface area (Å²) in [5.41, 5.74) is 0.376. The molecule has 1 amide bonds. The summed E-state index contributed by atoms with van der Waals surface area (Å²) in [6.45, 7) is 0. The maximum Gasteiger partial charge on any atom is 0.230 e. The van der Waals surface area contributed by atoms with Crippen molar-refractivity contribution in [2.45, 2.75) is 6.42 Å². The highest BCUT2D eigenvalue weighted by Gasteiger charge is 2.07. The Bertz CT molecular complexity index is 514. The lowest BCUT2D eigenvalue weighted by Gasteiger charge is -2.04. The first-order valence-corrected chi connectivity index (χ1v) is 5.20. The number of nitrogens with one attached hydrogen (secondary N) is 1. The highest BCUT2D eigenvalue weighted by Crippen LogP contribution is 2.08. The maximum absolute atomic E-state index is 13.3. The molecule has 0 aliphatic carbocycles. The molecule has 0 saturated heterocycles. The number of amides is 1. The molecule has 0 spiro atoms. The summed E-state index contributed by atoms with van der Waals surface area (Å²) < 4.78 is 13.3. The molecule has 0 atom stereocenters. The molecule has 1 aromatic carbocycles. The second-order valence-electron chi connectivity index (χ2n) is 3.53. The van der Waals surface area contributed by atoms with Gasteiger partial charge in [0.2, 0.25) is 5.91 Å². The minimum atomic E-state index is -0.372. The average Bonchev–Trinajstić information content (AvgIpc) is 2.33. The first-order valence-electron chi connectivity index (χ1n) is 5.20. The molecule has 0 fully saturated rings. The Balaban J connectivity index is 2.01. The highest BCUT2D eigenvalue weighted by atomic mass is 19.1. The summed E-state index contributed by atoms with van der Waals surface area (Å²) in [5.74, 6) is -0.189. The van der Waals surface area contributed by atoms with Crippen LogP contribution in [-0.2, 0) is 11.2 Å². The summed E-state index contributed by atoms with van der Waals surface area (Å²) in [6.07, 6.45) is 1.59. The Morgan fingerprint density at radius 2 is 1.94 bits per heavy atom. The van der Waals surface area contributed by atoms with Gasteiger partial charge in [0.05, 0.1) is 6.42 Å². The van der Waals surface area contributed by atoms with Crippen LogP contribution in [0.15, 0.2) is 48.7 Å². The van der Waals surface area contributed by atoms with Crippen LogP contribution in [0.4, 0.5) is 10.2 Å². The number of pyridine rings is 1. The van der Waals surface area contributed by atoms with E-state index in [9.17, 15) is 9.18 Å². The lowest BCUT2D eigenvalue weighted by molar-refractivity contribution is -0.115. The molecule has 0 radical (unpaired) electrons. The number of aromatic nitrogens is 1. The number of carbonyl (C=O) groups is 1. The van der Waals surface area contributed by atoms with Gasteiger partial charge in [-0.25, -0.2) is 9.37 Å². The largest absolute Gasteiger partial charge is 0.310 e. The molecule has 4 heteroatoms. The minimum absolute atomic E-state index is 0.00322. The van der Waals surface area contributed by atoms with Gasteiger partial charge in [0.1, 0.15) is 11.6 Å². The third-order valence-corrected chi connectivity index (χ3v) is 2.24. The second kappa shape index (κ2) is 5.21. The summed E-state index contributed by atoms with van der Waals surface area (Å²) >= 11 is 0. The standard InChI is InChI=1S/C13H11FN2O/c14-11-6-2-1-5-10(11)9-13(17)16-12-7-3-4-8-15-12/h1-8H,9H2,(H,15,16,17). The Kier molecular flexibility index (Phi) is 3.45. The van der Waals surface area contributed by atoms with E-state index in [0.717, 1.165) is 0 Å². The fraction of sp³-hybridized carbons (Fsp3) is 0.0769. The third kappa shape index (κ3) is 3.11. The highest BCUT2D eigenvalue weighted by molar-refractivity contribution is 5.91. The molecule has 1 N–H and O–H groups in total. The van der Waals surface area contributed by atoms with E-state index >= 15 is 0 Å². The number of anilines is 1. The van der Waals surface area contributed by atoms with Gasteiger partial charge in [-0.3, -0.25) is 4.79 Å². The Morgan fingerprint density at radius 3 is 2.65 bits per heavy atom. The molecule has 0 unspecified atom stereocenters. The number of nitrogens with zero attached hydrogens (tertiary/aromatic N) is 1. The summed E-state index contributed by atoms with van der Waals surface area (Å²) in [4.78, 5) is 15.6. The van der Waals surface area contributed by atoms with E-state index in [2.05, 4.69) is 10.3 Å². The lowest BCUT2D eigenvalue weighted by atomic mass is 10.1. The van der Waals surface area contributed by atoms with E-state index in [1.807, 2.05) is 0 Å². The van der Waals surface area contributed by atoms with Crippen LogP contribution < -0.4 is 5.32 Å². The average molecular weight is 230 g/mol. The molecule has 1 aromatic heterocycles. The Labute approximate surface area is 98.3 Å². The van der Waals surface area contributed by atoms with E-state index in [1.165, 1.54) is 6.07 Å². The number of rotatable bonds is 3. The van der Waals surface area contributed by atoms with Gasteiger partial charge >= 0.3 is 0 Å². The van der Waals surface area contributed by atoms with Crippen LogP contribution in [0.1, 0.15) is 5.56 Å². The van der Waals surface area contributed by atoms with Crippen molar-refractivity contribution in [3.63, 3.8) is 0 Å². The molecule has 2 aromatic rings. The van der Waals surface area contributed by atoms with Crippen molar-refractivity contribution < 1.29 is 9.18 Å². The molecule has 0 aliphatic heterocycles. The van der Waals surface area contributed by atoms with Gasteiger partial charge in [0, 0.05) is 6.20 Å². The van der Waals surface area contributed by atoms with Crippen molar-refractivity contribution in [1.82, 2.24) is 4.98 Å². The zero-order valence-electron chi connectivity index (χ0n) is 9.06. The van der Waals surface area contributed by atoms with Gasteiger partial charge in [-0.15, -0.1) is 0 Å². The van der Waals surface area contributed by atoms with Crippen LogP contribution in [-0.4, -0.2) is 10.9 Å². The van der Waals surface area contributed by atoms with Crippen molar-refractivity contribution in [2.75, 3.05) is 5.32 Å². The molecule has 1 heterocycles. The number of hydrogen-bond acceptors (Lipinski definition) is 2. The van der Waals surface area contributed by atoms with E-state index in [4.69, 9.17) is 0 Å². The SMILES string of the molecule is O=C(Cc1ccccc1F)Nc1ccccn1. The van der Waals surface area contributed by atoms with E-state index < -0.39 is 0 Å². The minimum Gasteiger partial charge on any atom is -0.310 e. The van der Waals surface area contributed by atoms with Crippen LogP contribution in [0.2, 0.25) is 0 Å². The Morgan fingerprint density at radius 1 is 1.18 bits per heavy atom. The molecule has 2 rings (SSSR count). The van der Waals surface area contributed by atoms with E-state index in [0.29, 0.717) is 11.4 Å². The van der Waals surface area contributed by atoms with Crippen LogP contribution in [0.25, 0.3) is 0 Å². The second-order valence-corrected chi connectivity index (χ2v) is 3.53. The Hall–Kier alpha value is -2.23. The molecular formula is C13H11FN2O. The predicted octanol–water partition coefficient (Wildman–Crippen LogP) is 2.40. The molecule has 0 bridgehead atoms. The van der Waals surface area contributed by atoms with Crippen molar-refractivity contribution >= 4 is 11.7 Å². The monoisotopic (exact) mass is 230 g/mol. The lowest BCUT2D eigenvalue weighted by Crippen LogP contribution is -2.15. The molecule has 86 valence electrons. The van der Waals surface area contributed by atoms with Crippen molar-refractivity contribution in [1.29, 1.82) is 0 Å². The van der Waals surface area contributed by atoms with Crippen LogP contribution in [0.3, 0.4) is 0 Å². The quantitative estimate of drug-likeness (QED) is 0.879. The summed E-state index contributed by atoms with van der Waals surface area (Å²) in [5, 5.41) is 2.60. The van der Waals surface area contributed by atoms with Crippen molar-refractivity contribution in [2.24, 2.45) is 0 Å². The maximum atomic E-state index is 13.3. The first kappa shape index (κ1) is 11.3. The van der Waals surface area contributed by atoms with Crippen LogP contribution in [0, 0.1) is 5.82 Å². The molecule has 0 aliphatic rings. The van der Waals surface area contributed by atoms with E-state index in [1.54, 1.807) is 42.6 Å². The zero-order chi connectivity index (χ0) is 12.1. The number of benzene rings is 1. The van der Waals surface area contributed by atoms with Crippen molar-refractivity contribution in [3.05, 3.63) is 60.0 Å². The normalized spacial score (nSPS) is 9.94. The van der Waals surface area contributed by atoms with Gasteiger partial charge in [0.15, 0.2) is 0 Å². The van der Waals surface area contributed by atoms with Gasteiger partial charge in [-0.1, -0.05) is 24.3 Å². The fourth-order valence-corrected chi connectivity index (χ4v) is 1.44. The van der Waals surface area contributed by atoms with Crippen LogP contribution in [0.5, 0.6) is 0 Å². The number of halogens is 1. The van der Waals surface area contributed by atoms with Gasteiger partial charge < -0.3 is 5.32 Å². The topological polar surface area (TPSA) is 42.0 Å². The molecule has 17 heavy (non-hydrogen) atoms. The van der Waals surface area contributed by atoms with Gasteiger partial charge in [-0.05, 0) is 23.8 Å². The van der Waals surface area contributed by atoms with E-state index in [-0.39, 0.29) is 18.1 Å². The zero-order valence-corrected chi connectivity index (χ0v) is 9.06. The van der Waals surface area contributed by atoms with Crippen molar-refractivity contribution in [3.8, 4) is 0 Å².